The second-order valence-corrected chi connectivity index (χ2v) is 2.77. The fourth-order valence-corrected chi connectivity index (χ4v) is 0.775. The minimum Gasteiger partial charge on any atom is -0.447 e. The van der Waals surface area contributed by atoms with Crippen molar-refractivity contribution in [3.05, 3.63) is 0 Å². The Hall–Kier alpha value is -0.730. The van der Waals surface area contributed by atoms with Gasteiger partial charge in [-0.2, -0.15) is 0 Å². The van der Waals surface area contributed by atoms with Crippen molar-refractivity contribution in [2.75, 3.05) is 13.1 Å². The maximum absolute atomic E-state index is 10.9. The highest BCUT2D eigenvalue weighted by Gasteiger charge is 2.21. The number of rotatable bonds is 1. The van der Waals surface area contributed by atoms with Crippen molar-refractivity contribution in [3.8, 4) is 0 Å². The molecule has 1 saturated heterocycles. The zero-order valence-corrected chi connectivity index (χ0v) is 6.46. The predicted molar refractivity (Wildman–Crippen MR) is 37.8 cm³/mol. The van der Waals surface area contributed by atoms with Gasteiger partial charge in [0.25, 0.3) is 0 Å². The van der Waals surface area contributed by atoms with Crippen molar-refractivity contribution in [1.29, 1.82) is 0 Å². The Labute approximate surface area is 61.0 Å². The number of likely N-dealkylation sites (tertiary alicyclic amines) is 1. The van der Waals surface area contributed by atoms with Gasteiger partial charge in [-0.1, -0.05) is 0 Å². The first kappa shape index (κ1) is 7.38. The molecule has 0 aliphatic carbocycles. The number of hydrogen-bond acceptors (Lipinski definition) is 2. The summed E-state index contributed by atoms with van der Waals surface area (Å²) < 4.78 is 4.94. The summed E-state index contributed by atoms with van der Waals surface area (Å²) in [4.78, 5) is 12.6. The molecule has 0 aromatic heterocycles. The lowest BCUT2D eigenvalue weighted by Gasteiger charge is -2.30. The largest absolute Gasteiger partial charge is 0.447 e. The quantitative estimate of drug-likeness (QED) is 0.552. The molecule has 0 unspecified atom stereocenters. The van der Waals surface area contributed by atoms with Gasteiger partial charge in [-0.05, 0) is 20.3 Å². The molecule has 1 amide bonds. The summed E-state index contributed by atoms with van der Waals surface area (Å²) in [6.07, 6.45) is 0.960. The van der Waals surface area contributed by atoms with Gasteiger partial charge in [0, 0.05) is 13.1 Å². The van der Waals surface area contributed by atoms with Crippen LogP contribution in [-0.4, -0.2) is 30.2 Å². The van der Waals surface area contributed by atoms with E-state index in [9.17, 15) is 4.79 Å². The smallest absolute Gasteiger partial charge is 0.410 e. The topological polar surface area (TPSA) is 29.5 Å². The van der Waals surface area contributed by atoms with E-state index in [1.165, 1.54) is 0 Å². The molecule has 0 aromatic carbocycles. The lowest BCUT2D eigenvalue weighted by Crippen LogP contribution is -2.43. The first-order chi connectivity index (χ1) is 4.70. The van der Waals surface area contributed by atoms with E-state index in [4.69, 9.17) is 4.74 Å². The summed E-state index contributed by atoms with van der Waals surface area (Å²) in [5, 5.41) is 0. The Morgan fingerprint density at radius 3 is 2.40 bits per heavy atom. The Bertz CT molecular complexity index is 130. The van der Waals surface area contributed by atoms with Gasteiger partial charge < -0.3 is 9.64 Å². The molecule has 0 radical (unpaired) electrons. The lowest BCUT2D eigenvalue weighted by atomic mass is 10.2. The number of ether oxygens (including phenoxy) is 1. The first-order valence-corrected chi connectivity index (χ1v) is 3.65. The Morgan fingerprint density at radius 1 is 1.50 bits per heavy atom. The van der Waals surface area contributed by atoms with E-state index >= 15 is 0 Å². The third-order valence-electron chi connectivity index (χ3n) is 1.45. The molecule has 0 saturated carbocycles. The molecule has 1 fully saturated rings. The van der Waals surface area contributed by atoms with Crippen LogP contribution in [0.4, 0.5) is 4.79 Å². The number of amides is 1. The third-order valence-corrected chi connectivity index (χ3v) is 1.45. The molecule has 1 aliphatic rings. The normalized spacial score (nSPS) is 16.9. The van der Waals surface area contributed by atoms with Crippen LogP contribution < -0.4 is 0 Å². The molecule has 0 spiro atoms. The Kier molecular flexibility index (Phi) is 2.14. The summed E-state index contributed by atoms with van der Waals surface area (Å²) in [5.41, 5.74) is 0. The molecule has 58 valence electrons. The van der Waals surface area contributed by atoms with Crippen LogP contribution in [0.1, 0.15) is 20.3 Å². The van der Waals surface area contributed by atoms with E-state index in [2.05, 4.69) is 0 Å². The van der Waals surface area contributed by atoms with E-state index in [0.717, 1.165) is 19.5 Å². The van der Waals surface area contributed by atoms with Crippen molar-refractivity contribution in [3.63, 3.8) is 0 Å². The predicted octanol–water partition coefficient (Wildman–Crippen LogP) is 1.24. The molecule has 1 rings (SSSR count). The van der Waals surface area contributed by atoms with Crippen LogP contribution >= 0.6 is 0 Å². The molecule has 0 aromatic rings. The highest BCUT2D eigenvalue weighted by atomic mass is 16.6. The fourth-order valence-electron chi connectivity index (χ4n) is 0.775. The van der Waals surface area contributed by atoms with E-state index < -0.39 is 0 Å². The van der Waals surface area contributed by atoms with E-state index in [-0.39, 0.29) is 12.2 Å². The summed E-state index contributed by atoms with van der Waals surface area (Å²) >= 11 is 0. The highest BCUT2D eigenvalue weighted by Crippen LogP contribution is 2.08. The standard InChI is InChI=1S/C7H13NO2/c1-6(2)10-7(9)8-4-3-5-8/h6H,3-5H2,1-2H3. The zero-order valence-electron chi connectivity index (χ0n) is 6.46. The van der Waals surface area contributed by atoms with Crippen molar-refractivity contribution < 1.29 is 9.53 Å². The third kappa shape index (κ3) is 1.62. The van der Waals surface area contributed by atoms with Crippen LogP contribution in [0, 0.1) is 0 Å². The van der Waals surface area contributed by atoms with E-state index in [1.54, 1.807) is 4.90 Å². The summed E-state index contributed by atoms with van der Waals surface area (Å²) in [6.45, 7) is 5.45. The Morgan fingerprint density at radius 2 is 2.10 bits per heavy atom. The van der Waals surface area contributed by atoms with Crippen molar-refractivity contribution in [2.24, 2.45) is 0 Å². The van der Waals surface area contributed by atoms with Crippen LogP contribution in [0.2, 0.25) is 0 Å². The van der Waals surface area contributed by atoms with Crippen molar-refractivity contribution in [1.82, 2.24) is 4.90 Å². The van der Waals surface area contributed by atoms with Gasteiger partial charge in [-0.3, -0.25) is 0 Å². The fraction of sp³-hybridized carbons (Fsp3) is 0.857. The summed E-state index contributed by atoms with van der Waals surface area (Å²) in [5.74, 6) is 0. The first-order valence-electron chi connectivity index (χ1n) is 3.65. The average molecular weight is 143 g/mol. The number of nitrogens with zero attached hydrogens (tertiary/aromatic N) is 1. The molecule has 10 heavy (non-hydrogen) atoms. The molecule has 1 aliphatic heterocycles. The molecule has 3 heteroatoms. The molecule has 3 nitrogen and oxygen atoms in total. The van der Waals surface area contributed by atoms with Crippen LogP contribution in [0.25, 0.3) is 0 Å². The number of carbonyl (C=O) groups is 1. The average Bonchev–Trinajstić information content (AvgIpc) is 1.55. The SMILES string of the molecule is CC(C)OC(=O)N1CCC1. The molecule has 0 N–H and O–H groups in total. The van der Waals surface area contributed by atoms with Gasteiger partial charge in [0.05, 0.1) is 6.10 Å². The van der Waals surface area contributed by atoms with Crippen LogP contribution in [0.3, 0.4) is 0 Å². The van der Waals surface area contributed by atoms with Crippen molar-refractivity contribution >= 4 is 6.09 Å². The van der Waals surface area contributed by atoms with E-state index in [0.29, 0.717) is 0 Å². The highest BCUT2D eigenvalue weighted by molar-refractivity contribution is 5.68. The van der Waals surface area contributed by atoms with Gasteiger partial charge in [-0.15, -0.1) is 0 Å². The van der Waals surface area contributed by atoms with Gasteiger partial charge in [0.2, 0.25) is 0 Å². The molecule has 1 heterocycles. The minimum absolute atomic E-state index is 0.00750. The maximum Gasteiger partial charge on any atom is 0.410 e. The number of carbonyl (C=O) groups excluding carboxylic acids is 1. The second-order valence-electron chi connectivity index (χ2n) is 2.77. The molecular weight excluding hydrogens is 130 g/mol. The zero-order chi connectivity index (χ0) is 7.56. The molecule has 0 bridgehead atoms. The molecular formula is C7H13NO2. The molecule has 0 atom stereocenters. The minimum atomic E-state index is -0.166. The van der Waals surface area contributed by atoms with Crippen LogP contribution in [0.5, 0.6) is 0 Å². The second kappa shape index (κ2) is 2.90. The summed E-state index contributed by atoms with van der Waals surface area (Å²) in [6, 6.07) is 0. The van der Waals surface area contributed by atoms with Crippen molar-refractivity contribution in [2.45, 2.75) is 26.4 Å². The van der Waals surface area contributed by atoms with Gasteiger partial charge >= 0.3 is 6.09 Å². The Balaban J connectivity index is 2.20. The maximum atomic E-state index is 10.9. The van der Waals surface area contributed by atoms with Crippen LogP contribution in [-0.2, 0) is 4.74 Å². The summed E-state index contributed by atoms with van der Waals surface area (Å²) in [7, 11) is 0. The van der Waals surface area contributed by atoms with Gasteiger partial charge in [0.1, 0.15) is 0 Å². The van der Waals surface area contributed by atoms with Crippen LogP contribution in [0.15, 0.2) is 0 Å². The number of hydrogen-bond donors (Lipinski definition) is 0. The lowest BCUT2D eigenvalue weighted by molar-refractivity contribution is 0.0588. The van der Waals surface area contributed by atoms with Gasteiger partial charge in [-0.25, -0.2) is 4.79 Å². The van der Waals surface area contributed by atoms with Gasteiger partial charge in [0.15, 0.2) is 0 Å². The monoisotopic (exact) mass is 143 g/mol. The van der Waals surface area contributed by atoms with E-state index in [1.807, 2.05) is 13.8 Å².